The number of rotatable bonds is 3. The zero-order chi connectivity index (χ0) is 31.7. The minimum absolute atomic E-state index is 0.433. The van der Waals surface area contributed by atoms with Gasteiger partial charge in [-0.2, -0.15) is 0 Å². The van der Waals surface area contributed by atoms with Gasteiger partial charge in [-0.1, -0.05) is 142 Å². The van der Waals surface area contributed by atoms with Crippen molar-refractivity contribution in [1.29, 1.82) is 0 Å². The van der Waals surface area contributed by atoms with Crippen LogP contribution < -0.4 is 4.90 Å². The van der Waals surface area contributed by atoms with Gasteiger partial charge in [0, 0.05) is 10.2 Å². The van der Waals surface area contributed by atoms with Gasteiger partial charge in [0.1, 0.15) is 0 Å². The number of nitrogens with zero attached hydrogens (tertiary/aromatic N) is 1. The molecule has 6 aromatic rings. The molecule has 1 heterocycles. The molecule has 1 unspecified atom stereocenters. The average Bonchev–Trinajstić information content (AvgIpc) is 3.37. The number of allylic oxidation sites excluding steroid dienone is 4. The Labute approximate surface area is 293 Å². The molecule has 1 atom stereocenters. The summed E-state index contributed by atoms with van der Waals surface area (Å²) < 4.78 is 2.37. The zero-order valence-electron chi connectivity index (χ0n) is 25.9. The first-order valence-electron chi connectivity index (χ1n) is 16.2. The van der Waals surface area contributed by atoms with E-state index in [9.17, 15) is 0 Å². The molecule has 9 rings (SSSR count). The van der Waals surface area contributed by atoms with Gasteiger partial charge in [-0.05, 0) is 121 Å². The molecule has 0 bridgehead atoms. The smallest absolute Gasteiger partial charge is 0.0751 e. The van der Waals surface area contributed by atoms with Crippen molar-refractivity contribution in [1.82, 2.24) is 0 Å². The lowest BCUT2D eigenvalue weighted by Crippen LogP contribution is -2.37. The van der Waals surface area contributed by atoms with Crippen LogP contribution in [-0.2, 0) is 5.41 Å². The van der Waals surface area contributed by atoms with Crippen molar-refractivity contribution in [3.63, 3.8) is 0 Å². The monoisotopic (exact) mass is 731 g/mol. The van der Waals surface area contributed by atoms with E-state index in [1.807, 2.05) is 0 Å². The summed E-state index contributed by atoms with van der Waals surface area (Å²) in [4.78, 5) is 2.50. The highest BCUT2D eigenvalue weighted by Gasteiger charge is 2.53. The van der Waals surface area contributed by atoms with Gasteiger partial charge in [-0.15, -0.1) is 0 Å². The number of hydrogen-bond donors (Lipinski definition) is 0. The van der Waals surface area contributed by atoms with E-state index in [1.165, 1.54) is 71.5 Å². The van der Waals surface area contributed by atoms with E-state index in [4.69, 9.17) is 0 Å². The van der Waals surface area contributed by atoms with Crippen LogP contribution in [-0.4, -0.2) is 0 Å². The highest BCUT2D eigenvalue weighted by atomic mass is 79.9. The molecule has 226 valence electrons. The molecule has 47 heavy (non-hydrogen) atoms. The Kier molecular flexibility index (Phi) is 6.78. The van der Waals surface area contributed by atoms with Gasteiger partial charge in [-0.25, -0.2) is 0 Å². The molecular formula is C44H31Br2N. The Morgan fingerprint density at radius 1 is 0.574 bits per heavy atom. The van der Waals surface area contributed by atoms with Crippen LogP contribution >= 0.6 is 31.9 Å². The summed E-state index contributed by atoms with van der Waals surface area (Å²) in [6, 6.07) is 53.6. The summed E-state index contributed by atoms with van der Waals surface area (Å²) in [5.41, 5.74) is 16.1. The minimum atomic E-state index is -0.448. The number of halogens is 2. The first-order chi connectivity index (χ1) is 23.0. The zero-order valence-corrected chi connectivity index (χ0v) is 29.1. The molecule has 2 aliphatic carbocycles. The van der Waals surface area contributed by atoms with Crippen LogP contribution in [0.25, 0.3) is 27.8 Å². The van der Waals surface area contributed by atoms with Crippen LogP contribution in [0.5, 0.6) is 0 Å². The van der Waals surface area contributed by atoms with Crippen LogP contribution in [0.1, 0.15) is 35.6 Å². The Bertz CT molecular complexity index is 2160. The summed E-state index contributed by atoms with van der Waals surface area (Å²) in [5, 5.41) is 0. The molecule has 1 aliphatic heterocycles. The van der Waals surface area contributed by atoms with Gasteiger partial charge in [0.05, 0.1) is 16.8 Å². The first-order valence-corrected chi connectivity index (χ1v) is 17.8. The lowest BCUT2D eigenvalue weighted by Gasteiger charge is -2.46. The average molecular weight is 734 g/mol. The van der Waals surface area contributed by atoms with E-state index in [0.29, 0.717) is 5.92 Å². The first kappa shape index (κ1) is 28.8. The number of benzene rings is 6. The van der Waals surface area contributed by atoms with Crippen molar-refractivity contribution >= 4 is 54.5 Å². The number of anilines is 3. The van der Waals surface area contributed by atoms with Gasteiger partial charge in [-0.3, -0.25) is 0 Å². The van der Waals surface area contributed by atoms with Crippen molar-refractivity contribution in [2.24, 2.45) is 5.92 Å². The van der Waals surface area contributed by atoms with Crippen LogP contribution in [0.4, 0.5) is 17.1 Å². The molecule has 0 radical (unpaired) electrons. The molecule has 0 N–H and O–H groups in total. The number of hydrogen-bond acceptors (Lipinski definition) is 1. The normalized spacial score (nSPS) is 17.1. The van der Waals surface area contributed by atoms with Gasteiger partial charge in [0.25, 0.3) is 0 Å². The van der Waals surface area contributed by atoms with Crippen LogP contribution in [0.15, 0.2) is 166 Å². The fraction of sp³-hybridized carbons (Fsp3) is 0.0909. The third-order valence-electron chi connectivity index (χ3n) is 10.2. The van der Waals surface area contributed by atoms with Gasteiger partial charge in [0.2, 0.25) is 0 Å². The summed E-state index contributed by atoms with van der Waals surface area (Å²) in [7, 11) is 0. The van der Waals surface area contributed by atoms with Crippen molar-refractivity contribution < 1.29 is 0 Å². The van der Waals surface area contributed by atoms with Gasteiger partial charge < -0.3 is 4.90 Å². The standard InChI is InChI=1S/C44H31Br2N/c1-28-22-36-35-21-20-33(45)26-39(35)44(40(36)27-41(28)46)37-16-8-10-18-42(37)47(43-19-11-9-17-38(43)44)34-24-31(29-12-4-2-5-13-29)23-32(25-34)30-14-6-3-7-15-30/h2-21,23-28H,22H2,1H3. The largest absolute Gasteiger partial charge is 0.310 e. The Hall–Kier alpha value is -4.44. The predicted octanol–water partition coefficient (Wildman–Crippen LogP) is 13.0. The molecule has 3 heteroatoms. The maximum absolute atomic E-state index is 4.00. The molecule has 3 aliphatic rings. The molecular weight excluding hydrogens is 702 g/mol. The maximum atomic E-state index is 4.00. The van der Waals surface area contributed by atoms with Crippen LogP contribution in [0.3, 0.4) is 0 Å². The molecule has 0 saturated carbocycles. The Balaban J connectivity index is 1.36. The second-order valence-corrected chi connectivity index (χ2v) is 14.7. The van der Waals surface area contributed by atoms with E-state index in [1.54, 1.807) is 0 Å². The molecule has 1 nitrogen and oxygen atoms in total. The summed E-state index contributed by atoms with van der Waals surface area (Å²) in [6.07, 6.45) is 3.45. The highest BCUT2D eigenvalue weighted by molar-refractivity contribution is 9.11. The number of fused-ring (bicyclic) bond motifs is 8. The van der Waals surface area contributed by atoms with Crippen molar-refractivity contribution in [3.8, 4) is 22.3 Å². The quantitative estimate of drug-likeness (QED) is 0.175. The SMILES string of the molecule is CC1CC2=C(C=C1Br)C1(c3cc(Br)ccc32)c2ccccc2N(c2cc(-c3ccccc3)cc(-c3ccccc3)c2)c2ccccc21. The van der Waals surface area contributed by atoms with Crippen LogP contribution in [0, 0.1) is 5.92 Å². The third kappa shape index (κ3) is 4.33. The fourth-order valence-electron chi connectivity index (χ4n) is 8.15. The lowest BCUT2D eigenvalue weighted by atomic mass is 9.63. The summed E-state index contributed by atoms with van der Waals surface area (Å²) in [6.45, 7) is 2.32. The maximum Gasteiger partial charge on any atom is 0.0751 e. The molecule has 6 aromatic carbocycles. The van der Waals surface area contributed by atoms with E-state index in [0.717, 1.165) is 16.6 Å². The van der Waals surface area contributed by atoms with Crippen molar-refractivity contribution in [2.75, 3.05) is 4.90 Å². The fourth-order valence-corrected chi connectivity index (χ4v) is 8.90. The minimum Gasteiger partial charge on any atom is -0.310 e. The van der Waals surface area contributed by atoms with Crippen LogP contribution in [0.2, 0.25) is 0 Å². The molecule has 1 spiro atoms. The second-order valence-electron chi connectivity index (χ2n) is 12.8. The predicted molar refractivity (Wildman–Crippen MR) is 204 cm³/mol. The van der Waals surface area contributed by atoms with E-state index in [-0.39, 0.29) is 0 Å². The van der Waals surface area contributed by atoms with E-state index >= 15 is 0 Å². The molecule has 0 aromatic heterocycles. The number of para-hydroxylation sites is 2. The van der Waals surface area contributed by atoms with Gasteiger partial charge >= 0.3 is 0 Å². The summed E-state index contributed by atoms with van der Waals surface area (Å²) in [5.74, 6) is 0.433. The summed E-state index contributed by atoms with van der Waals surface area (Å²) >= 11 is 7.87. The third-order valence-corrected chi connectivity index (χ3v) is 11.7. The topological polar surface area (TPSA) is 3.24 Å². The van der Waals surface area contributed by atoms with Crippen molar-refractivity contribution in [3.05, 3.63) is 188 Å². The van der Waals surface area contributed by atoms with Crippen molar-refractivity contribution in [2.45, 2.75) is 18.8 Å². The Morgan fingerprint density at radius 3 is 1.72 bits per heavy atom. The van der Waals surface area contributed by atoms with E-state index < -0.39 is 5.41 Å². The Morgan fingerprint density at radius 2 is 1.13 bits per heavy atom. The lowest BCUT2D eigenvalue weighted by molar-refractivity contribution is 0.706. The molecule has 0 amide bonds. The highest BCUT2D eigenvalue weighted by Crippen LogP contribution is 2.65. The van der Waals surface area contributed by atoms with Gasteiger partial charge in [0.15, 0.2) is 0 Å². The second kappa shape index (κ2) is 11.1. The molecule has 0 fully saturated rings. The van der Waals surface area contributed by atoms with E-state index in [2.05, 4.69) is 195 Å². The molecule has 0 saturated heterocycles.